The van der Waals surface area contributed by atoms with Gasteiger partial charge >= 0.3 is 12.1 Å². The molecule has 0 aromatic rings. The summed E-state index contributed by atoms with van der Waals surface area (Å²) in [6, 6.07) is 0. The summed E-state index contributed by atoms with van der Waals surface area (Å²) in [5, 5.41) is 0. The Labute approximate surface area is 96.6 Å². The van der Waals surface area contributed by atoms with Crippen molar-refractivity contribution in [1.29, 1.82) is 0 Å². The number of nitrogens with two attached hydrogens (primary N) is 1. The third-order valence-electron chi connectivity index (χ3n) is 1.18. The van der Waals surface area contributed by atoms with E-state index in [0.29, 0.717) is 24.7 Å². The standard InChI is InChI=1S/C8H14O2.C3H7NO2/c1-6(2)5-10-8(9)7(3)4;1-2-6-3(4)5/h6H,3,5H2,1-2,4H3;2H2,1H3,(H2,4,5). The maximum Gasteiger partial charge on any atom is 0.404 e. The van der Waals surface area contributed by atoms with Crippen LogP contribution in [-0.4, -0.2) is 25.3 Å². The van der Waals surface area contributed by atoms with Gasteiger partial charge in [0.2, 0.25) is 0 Å². The van der Waals surface area contributed by atoms with Gasteiger partial charge in [-0.1, -0.05) is 20.4 Å². The van der Waals surface area contributed by atoms with Crippen molar-refractivity contribution in [2.75, 3.05) is 13.2 Å². The van der Waals surface area contributed by atoms with Crippen LogP contribution in [0.3, 0.4) is 0 Å². The van der Waals surface area contributed by atoms with Crippen molar-refractivity contribution >= 4 is 12.1 Å². The van der Waals surface area contributed by atoms with E-state index < -0.39 is 6.09 Å². The van der Waals surface area contributed by atoms with Crippen molar-refractivity contribution in [3.05, 3.63) is 12.2 Å². The Bertz CT molecular complexity index is 236. The van der Waals surface area contributed by atoms with E-state index in [-0.39, 0.29) is 5.97 Å². The number of hydrogen-bond donors (Lipinski definition) is 1. The first-order chi connectivity index (χ1) is 7.31. The number of rotatable bonds is 4. The molecule has 0 aromatic carbocycles. The third kappa shape index (κ3) is 15.0. The van der Waals surface area contributed by atoms with Gasteiger partial charge in [-0.2, -0.15) is 0 Å². The SMILES string of the molecule is C=C(C)C(=O)OCC(C)C.CCOC(N)=O. The molecule has 0 fully saturated rings. The lowest BCUT2D eigenvalue weighted by atomic mass is 10.2. The van der Waals surface area contributed by atoms with Gasteiger partial charge in [0.15, 0.2) is 0 Å². The zero-order valence-electron chi connectivity index (χ0n) is 10.4. The molecule has 0 saturated carbocycles. The van der Waals surface area contributed by atoms with Crippen molar-refractivity contribution in [2.24, 2.45) is 11.7 Å². The molecule has 0 aliphatic heterocycles. The molecule has 0 radical (unpaired) electrons. The summed E-state index contributed by atoms with van der Waals surface area (Å²) in [4.78, 5) is 20.3. The van der Waals surface area contributed by atoms with Gasteiger partial charge in [0.25, 0.3) is 0 Å². The second-order valence-corrected chi connectivity index (χ2v) is 3.52. The maximum absolute atomic E-state index is 10.7. The van der Waals surface area contributed by atoms with Crippen LogP contribution in [0.2, 0.25) is 0 Å². The molecular weight excluding hydrogens is 210 g/mol. The number of ether oxygens (including phenoxy) is 2. The molecule has 0 aliphatic rings. The van der Waals surface area contributed by atoms with E-state index >= 15 is 0 Å². The van der Waals surface area contributed by atoms with E-state index in [1.807, 2.05) is 13.8 Å². The maximum atomic E-state index is 10.7. The molecule has 0 spiro atoms. The van der Waals surface area contributed by atoms with Crippen molar-refractivity contribution in [1.82, 2.24) is 0 Å². The topological polar surface area (TPSA) is 78.6 Å². The van der Waals surface area contributed by atoms with Crippen LogP contribution in [0.4, 0.5) is 4.79 Å². The Morgan fingerprint density at radius 2 is 1.81 bits per heavy atom. The van der Waals surface area contributed by atoms with Gasteiger partial charge < -0.3 is 15.2 Å². The Morgan fingerprint density at radius 3 is 2.00 bits per heavy atom. The monoisotopic (exact) mass is 231 g/mol. The highest BCUT2D eigenvalue weighted by Gasteiger charge is 2.03. The molecule has 0 heterocycles. The quantitative estimate of drug-likeness (QED) is 0.591. The van der Waals surface area contributed by atoms with Crippen molar-refractivity contribution in [2.45, 2.75) is 27.7 Å². The van der Waals surface area contributed by atoms with Crippen LogP contribution >= 0.6 is 0 Å². The first-order valence-electron chi connectivity index (χ1n) is 5.06. The minimum Gasteiger partial charge on any atom is -0.462 e. The van der Waals surface area contributed by atoms with Crippen molar-refractivity contribution < 1.29 is 19.1 Å². The molecule has 94 valence electrons. The van der Waals surface area contributed by atoms with Crippen LogP contribution in [0.15, 0.2) is 12.2 Å². The average molecular weight is 231 g/mol. The van der Waals surface area contributed by atoms with Gasteiger partial charge in [-0.3, -0.25) is 0 Å². The summed E-state index contributed by atoms with van der Waals surface area (Å²) in [5.41, 5.74) is 5.00. The molecule has 0 aliphatic carbocycles. The predicted octanol–water partition coefficient (Wildman–Crippen LogP) is 1.86. The molecule has 5 heteroatoms. The zero-order valence-corrected chi connectivity index (χ0v) is 10.4. The third-order valence-corrected chi connectivity index (χ3v) is 1.18. The van der Waals surface area contributed by atoms with Gasteiger partial charge in [-0.15, -0.1) is 0 Å². The molecule has 0 aromatic heterocycles. The van der Waals surface area contributed by atoms with Gasteiger partial charge in [-0.25, -0.2) is 9.59 Å². The summed E-state index contributed by atoms with van der Waals surface area (Å²) in [6.07, 6.45) is -0.711. The molecule has 0 bridgehead atoms. The number of carbonyl (C=O) groups is 2. The van der Waals surface area contributed by atoms with Crippen LogP contribution in [0, 0.1) is 5.92 Å². The smallest absolute Gasteiger partial charge is 0.404 e. The average Bonchev–Trinajstić information content (AvgIpc) is 2.14. The molecule has 0 saturated heterocycles. The van der Waals surface area contributed by atoms with Crippen LogP contribution < -0.4 is 5.73 Å². The van der Waals surface area contributed by atoms with Gasteiger partial charge in [0.05, 0.1) is 13.2 Å². The van der Waals surface area contributed by atoms with E-state index in [1.165, 1.54) is 0 Å². The van der Waals surface area contributed by atoms with E-state index in [9.17, 15) is 9.59 Å². The normalized spacial score (nSPS) is 8.81. The van der Waals surface area contributed by atoms with E-state index in [2.05, 4.69) is 17.0 Å². The fourth-order valence-electron chi connectivity index (χ4n) is 0.508. The van der Waals surface area contributed by atoms with Crippen LogP contribution in [0.25, 0.3) is 0 Å². The van der Waals surface area contributed by atoms with Gasteiger partial charge in [-0.05, 0) is 19.8 Å². The fraction of sp³-hybridized carbons (Fsp3) is 0.636. The summed E-state index contributed by atoms with van der Waals surface area (Å²) in [7, 11) is 0. The first-order valence-corrected chi connectivity index (χ1v) is 5.06. The molecule has 2 N–H and O–H groups in total. The lowest BCUT2D eigenvalue weighted by Gasteiger charge is -2.05. The van der Waals surface area contributed by atoms with E-state index in [1.54, 1.807) is 13.8 Å². The molecular formula is C11H21NO4. The summed E-state index contributed by atoms with van der Waals surface area (Å²) in [6.45, 7) is 11.6. The number of esters is 1. The lowest BCUT2D eigenvalue weighted by Crippen LogP contribution is -2.11. The predicted molar refractivity (Wildman–Crippen MR) is 61.8 cm³/mol. The van der Waals surface area contributed by atoms with E-state index in [4.69, 9.17) is 4.74 Å². The summed E-state index contributed by atoms with van der Waals surface area (Å²) < 4.78 is 9.01. The van der Waals surface area contributed by atoms with E-state index in [0.717, 1.165) is 0 Å². The van der Waals surface area contributed by atoms with Crippen LogP contribution in [0.1, 0.15) is 27.7 Å². The summed E-state index contributed by atoms with van der Waals surface area (Å²) >= 11 is 0. The Balaban J connectivity index is 0. The van der Waals surface area contributed by atoms with Gasteiger partial charge in [0, 0.05) is 5.57 Å². The molecule has 1 amide bonds. The van der Waals surface area contributed by atoms with Crippen LogP contribution in [-0.2, 0) is 14.3 Å². The number of hydrogen-bond acceptors (Lipinski definition) is 4. The second kappa shape index (κ2) is 10.0. The Hall–Kier alpha value is -1.52. The summed E-state index contributed by atoms with van der Waals surface area (Å²) in [5.74, 6) is 0.0944. The highest BCUT2D eigenvalue weighted by atomic mass is 16.5. The van der Waals surface area contributed by atoms with Gasteiger partial charge in [0.1, 0.15) is 0 Å². The zero-order chi connectivity index (χ0) is 13.1. The molecule has 5 nitrogen and oxygen atoms in total. The molecule has 16 heavy (non-hydrogen) atoms. The molecule has 0 rings (SSSR count). The first kappa shape index (κ1) is 16.9. The Kier molecular flexibility index (Phi) is 10.6. The fourth-order valence-corrected chi connectivity index (χ4v) is 0.508. The van der Waals surface area contributed by atoms with Crippen molar-refractivity contribution in [3.8, 4) is 0 Å². The minimum absolute atomic E-state index is 0.297. The second-order valence-electron chi connectivity index (χ2n) is 3.52. The number of amides is 1. The molecule has 0 atom stereocenters. The minimum atomic E-state index is -0.711. The Morgan fingerprint density at radius 1 is 1.31 bits per heavy atom. The van der Waals surface area contributed by atoms with Crippen LogP contribution in [0.5, 0.6) is 0 Å². The van der Waals surface area contributed by atoms with Crippen molar-refractivity contribution in [3.63, 3.8) is 0 Å². The number of carbonyl (C=O) groups excluding carboxylic acids is 2. The highest BCUT2D eigenvalue weighted by molar-refractivity contribution is 5.86. The molecule has 0 unspecified atom stereocenters. The highest BCUT2D eigenvalue weighted by Crippen LogP contribution is 1.97. The lowest BCUT2D eigenvalue weighted by molar-refractivity contribution is -0.139. The number of primary amides is 1. The largest absolute Gasteiger partial charge is 0.462 e.